The first-order chi connectivity index (χ1) is 9.27. The molecule has 0 saturated heterocycles. The van der Waals surface area contributed by atoms with E-state index in [9.17, 15) is 12.8 Å². The van der Waals surface area contributed by atoms with E-state index in [4.69, 9.17) is 22.5 Å². The number of hydrogen-bond acceptors (Lipinski definition) is 4. The molecular formula is C12H11ClFN3O2S. The second-order valence-corrected chi connectivity index (χ2v) is 5.99. The lowest BCUT2D eigenvalue weighted by molar-refractivity contribution is 0.598. The zero-order valence-electron chi connectivity index (χ0n) is 10.1. The van der Waals surface area contributed by atoms with Gasteiger partial charge in [-0.3, -0.25) is 0 Å². The molecule has 0 unspecified atom stereocenters. The highest BCUT2D eigenvalue weighted by Crippen LogP contribution is 2.25. The van der Waals surface area contributed by atoms with Crippen molar-refractivity contribution >= 4 is 38.7 Å². The topological polar surface area (TPSA) is 98.2 Å². The third-order valence-electron chi connectivity index (χ3n) is 2.52. The van der Waals surface area contributed by atoms with Gasteiger partial charge in [0.1, 0.15) is 10.7 Å². The number of nitrogen functional groups attached to an aromatic ring is 1. The lowest BCUT2D eigenvalue weighted by Crippen LogP contribution is -2.14. The summed E-state index contributed by atoms with van der Waals surface area (Å²) >= 11 is 5.58. The average Bonchev–Trinajstić information content (AvgIpc) is 2.32. The third kappa shape index (κ3) is 3.19. The molecule has 2 aromatic carbocycles. The second kappa shape index (κ2) is 5.28. The van der Waals surface area contributed by atoms with Gasteiger partial charge < -0.3 is 11.1 Å². The minimum Gasteiger partial charge on any atom is -0.398 e. The van der Waals surface area contributed by atoms with Crippen molar-refractivity contribution in [2.75, 3.05) is 11.1 Å². The molecule has 0 aliphatic heterocycles. The molecule has 0 saturated carbocycles. The third-order valence-corrected chi connectivity index (χ3v) is 3.82. The number of nitrogens with two attached hydrogens (primary N) is 2. The second-order valence-electron chi connectivity index (χ2n) is 4.05. The number of halogens is 2. The van der Waals surface area contributed by atoms with Crippen LogP contribution in [-0.2, 0) is 10.0 Å². The van der Waals surface area contributed by atoms with Crippen molar-refractivity contribution in [3.05, 3.63) is 47.2 Å². The van der Waals surface area contributed by atoms with E-state index in [1.807, 2.05) is 0 Å². The highest BCUT2D eigenvalue weighted by Gasteiger charge is 2.12. The number of primary sulfonamides is 1. The summed E-state index contributed by atoms with van der Waals surface area (Å²) in [5.74, 6) is -0.564. The lowest BCUT2D eigenvalue weighted by atomic mass is 10.2. The number of nitrogens with one attached hydrogen (secondary N) is 1. The van der Waals surface area contributed by atoms with Crippen molar-refractivity contribution < 1.29 is 12.8 Å². The Morgan fingerprint density at radius 2 is 1.70 bits per heavy atom. The van der Waals surface area contributed by atoms with Crippen LogP contribution in [-0.4, -0.2) is 8.42 Å². The zero-order valence-corrected chi connectivity index (χ0v) is 11.7. The molecule has 0 aliphatic carbocycles. The Balaban J connectivity index is 2.31. The van der Waals surface area contributed by atoms with Gasteiger partial charge in [-0.05, 0) is 36.4 Å². The van der Waals surface area contributed by atoms with Gasteiger partial charge in [-0.25, -0.2) is 17.9 Å². The van der Waals surface area contributed by atoms with E-state index in [1.54, 1.807) is 6.07 Å². The molecule has 0 radical (unpaired) electrons. The van der Waals surface area contributed by atoms with Gasteiger partial charge >= 0.3 is 0 Å². The van der Waals surface area contributed by atoms with Crippen molar-refractivity contribution in [2.24, 2.45) is 5.14 Å². The molecule has 0 heterocycles. The van der Waals surface area contributed by atoms with Crippen LogP contribution in [0, 0.1) is 5.82 Å². The van der Waals surface area contributed by atoms with Crippen LogP contribution in [0.4, 0.5) is 21.5 Å². The van der Waals surface area contributed by atoms with Crippen LogP contribution in [0.2, 0.25) is 5.02 Å². The molecule has 5 nitrogen and oxygen atoms in total. The molecule has 0 aliphatic rings. The van der Waals surface area contributed by atoms with E-state index >= 15 is 0 Å². The Bertz CT molecular complexity index is 765. The zero-order chi connectivity index (χ0) is 14.9. The summed E-state index contributed by atoms with van der Waals surface area (Å²) in [5, 5.41) is 7.90. The fraction of sp³-hybridized carbons (Fsp3) is 0. The first kappa shape index (κ1) is 14.6. The van der Waals surface area contributed by atoms with E-state index in [2.05, 4.69) is 5.32 Å². The van der Waals surface area contributed by atoms with E-state index < -0.39 is 15.8 Å². The van der Waals surface area contributed by atoms with Crippen molar-refractivity contribution in [1.82, 2.24) is 0 Å². The Morgan fingerprint density at radius 3 is 2.25 bits per heavy atom. The molecule has 2 rings (SSSR count). The Kier molecular flexibility index (Phi) is 3.85. The SMILES string of the molecule is Nc1cc(Nc2ccc(Cl)c(F)c2)ccc1S(N)(=O)=O. The molecule has 5 N–H and O–H groups in total. The van der Waals surface area contributed by atoms with Crippen LogP contribution in [0.1, 0.15) is 0 Å². The first-order valence-electron chi connectivity index (χ1n) is 5.42. The summed E-state index contributed by atoms with van der Waals surface area (Å²) < 4.78 is 35.7. The van der Waals surface area contributed by atoms with E-state index in [0.717, 1.165) is 0 Å². The van der Waals surface area contributed by atoms with Gasteiger partial charge in [-0.2, -0.15) is 0 Å². The molecule has 8 heteroatoms. The van der Waals surface area contributed by atoms with Gasteiger partial charge in [0, 0.05) is 11.4 Å². The van der Waals surface area contributed by atoms with Crippen LogP contribution in [0.5, 0.6) is 0 Å². The molecule has 2 aromatic rings. The van der Waals surface area contributed by atoms with E-state index in [-0.39, 0.29) is 15.6 Å². The lowest BCUT2D eigenvalue weighted by Gasteiger charge is -2.09. The summed E-state index contributed by atoms with van der Waals surface area (Å²) in [4.78, 5) is -0.162. The number of rotatable bonds is 3. The highest BCUT2D eigenvalue weighted by molar-refractivity contribution is 7.89. The maximum atomic E-state index is 13.3. The quantitative estimate of drug-likeness (QED) is 0.758. The molecule has 20 heavy (non-hydrogen) atoms. The van der Waals surface area contributed by atoms with Crippen LogP contribution in [0.25, 0.3) is 0 Å². The fourth-order valence-corrected chi connectivity index (χ4v) is 2.39. The minimum atomic E-state index is -3.87. The molecule has 0 amide bonds. The highest BCUT2D eigenvalue weighted by atomic mass is 35.5. The molecular weight excluding hydrogens is 305 g/mol. The van der Waals surface area contributed by atoms with Gasteiger partial charge in [0.15, 0.2) is 0 Å². The average molecular weight is 316 g/mol. The fourth-order valence-electron chi connectivity index (χ4n) is 1.63. The number of hydrogen-bond donors (Lipinski definition) is 3. The number of anilines is 3. The summed E-state index contributed by atoms with van der Waals surface area (Å²) in [6.45, 7) is 0. The van der Waals surface area contributed by atoms with Crippen LogP contribution in [0.3, 0.4) is 0 Å². The van der Waals surface area contributed by atoms with Crippen LogP contribution in [0.15, 0.2) is 41.3 Å². The van der Waals surface area contributed by atoms with Gasteiger partial charge in [0.05, 0.1) is 10.7 Å². The summed E-state index contributed by atoms with van der Waals surface area (Å²) in [6.07, 6.45) is 0. The molecule has 0 fully saturated rings. The van der Waals surface area contributed by atoms with Crippen LogP contribution >= 0.6 is 11.6 Å². The predicted molar refractivity (Wildman–Crippen MR) is 76.9 cm³/mol. The number of benzene rings is 2. The number of sulfonamides is 1. The maximum Gasteiger partial charge on any atom is 0.240 e. The summed E-state index contributed by atoms with van der Waals surface area (Å²) in [5.41, 5.74) is 6.58. The van der Waals surface area contributed by atoms with Gasteiger partial charge in [-0.1, -0.05) is 11.6 Å². The normalized spacial score (nSPS) is 11.3. The maximum absolute atomic E-state index is 13.3. The molecule has 106 valence electrons. The van der Waals surface area contributed by atoms with Crippen molar-refractivity contribution in [1.29, 1.82) is 0 Å². The van der Waals surface area contributed by atoms with Gasteiger partial charge in [0.2, 0.25) is 10.0 Å². The molecule has 0 atom stereocenters. The largest absolute Gasteiger partial charge is 0.398 e. The summed E-state index contributed by atoms with van der Waals surface area (Å²) in [7, 11) is -3.87. The van der Waals surface area contributed by atoms with Crippen molar-refractivity contribution in [3.8, 4) is 0 Å². The molecule has 0 spiro atoms. The molecule has 0 bridgehead atoms. The Labute approximate surface area is 120 Å². The van der Waals surface area contributed by atoms with Crippen LogP contribution < -0.4 is 16.2 Å². The smallest absolute Gasteiger partial charge is 0.240 e. The van der Waals surface area contributed by atoms with E-state index in [0.29, 0.717) is 11.4 Å². The Morgan fingerprint density at radius 1 is 1.10 bits per heavy atom. The van der Waals surface area contributed by atoms with Gasteiger partial charge in [-0.15, -0.1) is 0 Å². The minimum absolute atomic E-state index is 0.00642. The van der Waals surface area contributed by atoms with Gasteiger partial charge in [0.25, 0.3) is 0 Å². The van der Waals surface area contributed by atoms with Crippen molar-refractivity contribution in [3.63, 3.8) is 0 Å². The molecule has 0 aromatic heterocycles. The van der Waals surface area contributed by atoms with E-state index in [1.165, 1.54) is 30.3 Å². The predicted octanol–water partition coefficient (Wildman–Crippen LogP) is 2.45. The Hall–Kier alpha value is -1.83. The first-order valence-corrected chi connectivity index (χ1v) is 7.34. The monoisotopic (exact) mass is 315 g/mol. The standard InChI is InChI=1S/C12H11ClFN3O2S/c13-9-3-1-7(5-10(9)14)17-8-2-4-12(11(15)6-8)20(16,18)19/h1-6,17H,15H2,(H2,16,18,19). The summed E-state index contributed by atoms with van der Waals surface area (Å²) in [6, 6.07) is 8.34. The van der Waals surface area contributed by atoms with Crippen molar-refractivity contribution in [2.45, 2.75) is 4.90 Å².